The first-order valence-corrected chi connectivity index (χ1v) is 6.21. The molecule has 0 N–H and O–H groups in total. The van der Waals surface area contributed by atoms with Crippen molar-refractivity contribution in [3.63, 3.8) is 0 Å². The minimum Gasteiger partial charge on any atom is -0.271 e. The summed E-state index contributed by atoms with van der Waals surface area (Å²) < 4.78 is 35.4. The average molecular weight is 220 g/mol. The van der Waals surface area contributed by atoms with Crippen molar-refractivity contribution in [1.29, 1.82) is 0 Å². The Balaban J connectivity index is 2.60. The number of hydrogen-bond donors (Lipinski definition) is 0. The molecule has 0 radical (unpaired) electrons. The van der Waals surface area contributed by atoms with Crippen molar-refractivity contribution < 1.29 is 12.8 Å². The number of hydrogen-bond acceptors (Lipinski definition) is 3. The normalized spacial score (nSPS) is 11.9. The van der Waals surface area contributed by atoms with E-state index < -0.39 is 9.84 Å². The van der Waals surface area contributed by atoms with Crippen LogP contribution in [0.5, 0.6) is 0 Å². The first-order chi connectivity index (χ1) is 6.54. The lowest BCUT2D eigenvalue weighted by Crippen LogP contribution is -1.99. The maximum atomic E-state index is 11.8. The fourth-order valence-corrected chi connectivity index (χ4v) is 1.58. The van der Waals surface area contributed by atoms with Crippen molar-refractivity contribution in [3.8, 4) is 0 Å². The summed E-state index contributed by atoms with van der Waals surface area (Å²) >= 11 is 0. The molecule has 1 aromatic rings. The lowest BCUT2D eigenvalue weighted by atomic mass is 10.3. The molecule has 6 heteroatoms. The van der Waals surface area contributed by atoms with Crippen molar-refractivity contribution in [2.75, 3.05) is 12.9 Å². The zero-order valence-electron chi connectivity index (χ0n) is 7.98. The van der Waals surface area contributed by atoms with Crippen LogP contribution in [0.3, 0.4) is 0 Å². The van der Waals surface area contributed by atoms with Gasteiger partial charge in [-0.2, -0.15) is 5.10 Å². The second kappa shape index (κ2) is 4.54. The second-order valence-corrected chi connectivity index (χ2v) is 5.12. The molecule has 0 aliphatic rings. The first-order valence-electron chi connectivity index (χ1n) is 4.32. The maximum absolute atomic E-state index is 11.8. The van der Waals surface area contributed by atoms with Gasteiger partial charge in [-0.3, -0.25) is 9.07 Å². The van der Waals surface area contributed by atoms with Crippen LogP contribution in [0.2, 0.25) is 0 Å². The Labute approximate surface area is 82.7 Å². The summed E-state index contributed by atoms with van der Waals surface area (Å²) in [7, 11) is -3.17. The number of sulfone groups is 1. The van der Waals surface area contributed by atoms with Crippen LogP contribution < -0.4 is 0 Å². The Kier molecular flexibility index (Phi) is 3.62. The number of nitrogens with zero attached hydrogens (tertiary/aromatic N) is 2. The molecule has 14 heavy (non-hydrogen) atoms. The average Bonchev–Trinajstić information content (AvgIpc) is 2.52. The Morgan fingerprint density at radius 1 is 1.50 bits per heavy atom. The van der Waals surface area contributed by atoms with Gasteiger partial charge in [-0.1, -0.05) is 0 Å². The van der Waals surface area contributed by atoms with Crippen molar-refractivity contribution >= 4 is 9.84 Å². The van der Waals surface area contributed by atoms with Crippen LogP contribution in [0.25, 0.3) is 0 Å². The Morgan fingerprint density at radius 3 is 2.71 bits per heavy atom. The lowest BCUT2D eigenvalue weighted by molar-refractivity contribution is 0.439. The van der Waals surface area contributed by atoms with E-state index >= 15 is 0 Å². The first kappa shape index (κ1) is 11.2. The lowest BCUT2D eigenvalue weighted by Gasteiger charge is -1.97. The van der Waals surface area contributed by atoms with E-state index in [2.05, 4.69) is 5.10 Å². The number of aromatic nitrogens is 2. The molecule has 0 atom stereocenters. The minimum absolute atomic E-state index is 0.206. The highest BCUT2D eigenvalue weighted by molar-refractivity contribution is 7.90. The van der Waals surface area contributed by atoms with Gasteiger partial charge in [-0.15, -0.1) is 0 Å². The van der Waals surface area contributed by atoms with E-state index in [9.17, 15) is 12.8 Å². The number of rotatable bonds is 5. The summed E-state index contributed by atoms with van der Waals surface area (Å²) in [5, 5.41) is 3.87. The number of aryl methyl sites for hydroxylation is 1. The van der Waals surface area contributed by atoms with E-state index in [0.29, 0.717) is 19.4 Å². The molecule has 1 aromatic heterocycles. The van der Waals surface area contributed by atoms with E-state index in [1.165, 1.54) is 17.1 Å². The van der Waals surface area contributed by atoms with E-state index in [4.69, 9.17) is 0 Å². The maximum Gasteiger partial charge on any atom is 0.178 e. The molecule has 0 saturated heterocycles. The fourth-order valence-electron chi connectivity index (χ4n) is 1.03. The standard InChI is InChI=1S/C8H13FN2O2S/c1-14(12,13)8-6-10-11(7-8)5-3-2-4-9/h6-7H,2-5H2,1H3. The quantitative estimate of drug-likeness (QED) is 0.696. The Bertz CT molecular complexity index is 386. The monoisotopic (exact) mass is 220 g/mol. The molecule has 0 aliphatic heterocycles. The van der Waals surface area contributed by atoms with Crippen molar-refractivity contribution in [1.82, 2.24) is 9.78 Å². The molecule has 4 nitrogen and oxygen atoms in total. The highest BCUT2D eigenvalue weighted by Gasteiger charge is 2.09. The van der Waals surface area contributed by atoms with Gasteiger partial charge in [0.25, 0.3) is 0 Å². The van der Waals surface area contributed by atoms with E-state index in [-0.39, 0.29) is 11.6 Å². The van der Waals surface area contributed by atoms with Crippen LogP contribution in [-0.2, 0) is 16.4 Å². The zero-order chi connectivity index (χ0) is 10.6. The van der Waals surface area contributed by atoms with Crippen LogP contribution in [0, 0.1) is 0 Å². The number of halogens is 1. The third-order valence-electron chi connectivity index (χ3n) is 1.81. The molecule has 0 unspecified atom stereocenters. The summed E-state index contributed by atoms with van der Waals surface area (Å²) in [6, 6.07) is 0. The molecular formula is C8H13FN2O2S. The molecule has 0 aromatic carbocycles. The molecule has 0 fully saturated rings. The summed E-state index contributed by atoms with van der Waals surface area (Å²) in [5.41, 5.74) is 0. The predicted molar refractivity (Wildman–Crippen MR) is 50.5 cm³/mol. The van der Waals surface area contributed by atoms with Crippen molar-refractivity contribution in [3.05, 3.63) is 12.4 Å². The summed E-state index contributed by atoms with van der Waals surface area (Å²) in [6.07, 6.45) is 5.06. The van der Waals surface area contributed by atoms with Gasteiger partial charge in [-0.25, -0.2) is 8.42 Å². The van der Waals surface area contributed by atoms with Crippen LogP contribution >= 0.6 is 0 Å². The SMILES string of the molecule is CS(=O)(=O)c1cnn(CCCCF)c1. The molecule has 0 aliphatic carbocycles. The Hall–Kier alpha value is -0.910. The number of alkyl halides is 1. The largest absolute Gasteiger partial charge is 0.271 e. The molecule has 1 heterocycles. The molecule has 0 amide bonds. The predicted octanol–water partition coefficient (Wildman–Crippen LogP) is 1.04. The molecule has 0 spiro atoms. The molecule has 0 bridgehead atoms. The number of unbranched alkanes of at least 4 members (excludes halogenated alkanes) is 1. The van der Waals surface area contributed by atoms with Crippen LogP contribution in [0.15, 0.2) is 17.3 Å². The van der Waals surface area contributed by atoms with Crippen molar-refractivity contribution in [2.24, 2.45) is 0 Å². The van der Waals surface area contributed by atoms with Gasteiger partial charge in [0, 0.05) is 19.0 Å². The fraction of sp³-hybridized carbons (Fsp3) is 0.625. The van der Waals surface area contributed by atoms with Crippen LogP contribution in [0.4, 0.5) is 4.39 Å². The third kappa shape index (κ3) is 3.10. The minimum atomic E-state index is -3.17. The van der Waals surface area contributed by atoms with Crippen LogP contribution in [0.1, 0.15) is 12.8 Å². The van der Waals surface area contributed by atoms with E-state index in [1.54, 1.807) is 0 Å². The summed E-state index contributed by atoms with van der Waals surface area (Å²) in [4.78, 5) is 0.206. The second-order valence-electron chi connectivity index (χ2n) is 3.11. The van der Waals surface area contributed by atoms with Gasteiger partial charge >= 0.3 is 0 Å². The van der Waals surface area contributed by atoms with Crippen LogP contribution in [-0.4, -0.2) is 31.1 Å². The summed E-state index contributed by atoms with van der Waals surface area (Å²) in [5.74, 6) is 0. The highest BCUT2D eigenvalue weighted by atomic mass is 32.2. The highest BCUT2D eigenvalue weighted by Crippen LogP contribution is 2.06. The summed E-state index contributed by atoms with van der Waals surface area (Å²) in [6.45, 7) is 0.208. The van der Waals surface area contributed by atoms with Gasteiger partial charge < -0.3 is 0 Å². The van der Waals surface area contributed by atoms with Gasteiger partial charge in [0.05, 0.1) is 12.9 Å². The molecule has 0 saturated carbocycles. The van der Waals surface area contributed by atoms with Gasteiger partial charge in [-0.05, 0) is 12.8 Å². The van der Waals surface area contributed by atoms with E-state index in [0.717, 1.165) is 6.26 Å². The Morgan fingerprint density at radius 2 is 2.21 bits per heavy atom. The smallest absolute Gasteiger partial charge is 0.178 e. The van der Waals surface area contributed by atoms with Gasteiger partial charge in [0.2, 0.25) is 0 Å². The van der Waals surface area contributed by atoms with Gasteiger partial charge in [0.15, 0.2) is 9.84 Å². The molecule has 80 valence electrons. The van der Waals surface area contributed by atoms with Crippen molar-refractivity contribution in [2.45, 2.75) is 24.3 Å². The third-order valence-corrected chi connectivity index (χ3v) is 2.88. The van der Waals surface area contributed by atoms with E-state index in [1.807, 2.05) is 0 Å². The topological polar surface area (TPSA) is 52.0 Å². The molecule has 1 rings (SSSR count). The van der Waals surface area contributed by atoms with Gasteiger partial charge in [0.1, 0.15) is 4.90 Å². The zero-order valence-corrected chi connectivity index (χ0v) is 8.80. The molecular weight excluding hydrogens is 207 g/mol.